The first-order chi connectivity index (χ1) is 11.4. The summed E-state index contributed by atoms with van der Waals surface area (Å²) in [6, 6.07) is 1.36. The van der Waals surface area contributed by atoms with Crippen LogP contribution in [-0.2, 0) is 13.6 Å². The number of benzene rings is 1. The molecule has 1 fully saturated rings. The summed E-state index contributed by atoms with van der Waals surface area (Å²) in [6.45, 7) is 2.24. The molecule has 1 saturated carbocycles. The van der Waals surface area contributed by atoms with Crippen LogP contribution < -0.4 is 10.6 Å². The average Bonchev–Trinajstić information content (AvgIpc) is 3.22. The summed E-state index contributed by atoms with van der Waals surface area (Å²) in [5.74, 6) is -4.12. The normalized spacial score (nSPS) is 19.2. The first-order valence-corrected chi connectivity index (χ1v) is 7.53. The van der Waals surface area contributed by atoms with E-state index in [0.29, 0.717) is 18.5 Å². The fraction of sp³-hybridized carbons (Fsp3) is 0.375. The Labute approximate surface area is 136 Å². The topological polar surface area (TPSA) is 59.0 Å². The van der Waals surface area contributed by atoms with Crippen molar-refractivity contribution >= 4 is 6.03 Å². The summed E-state index contributed by atoms with van der Waals surface area (Å²) < 4.78 is 41.2. The SMILES string of the molecule is Cc1c(CNC(=O)N[C@@H]2C[C@H]2c2cc(F)c(F)c(F)c2)cnn1C. The zero-order chi connectivity index (χ0) is 17.4. The van der Waals surface area contributed by atoms with Gasteiger partial charge in [-0.3, -0.25) is 4.68 Å². The number of halogens is 3. The molecule has 2 atom stereocenters. The number of hydrogen-bond acceptors (Lipinski definition) is 2. The highest BCUT2D eigenvalue weighted by molar-refractivity contribution is 5.75. The second kappa shape index (κ2) is 6.18. The highest BCUT2D eigenvalue weighted by atomic mass is 19.2. The first kappa shape index (κ1) is 16.4. The molecule has 0 spiro atoms. The third-order valence-corrected chi connectivity index (χ3v) is 4.32. The molecule has 1 aromatic carbocycles. The number of carbonyl (C=O) groups is 1. The monoisotopic (exact) mass is 338 g/mol. The molecule has 24 heavy (non-hydrogen) atoms. The minimum atomic E-state index is -1.48. The van der Waals surface area contributed by atoms with Crippen LogP contribution in [0, 0.1) is 24.4 Å². The van der Waals surface area contributed by atoms with E-state index in [1.807, 2.05) is 14.0 Å². The van der Waals surface area contributed by atoms with Crippen molar-refractivity contribution in [2.24, 2.45) is 7.05 Å². The van der Waals surface area contributed by atoms with Crippen LogP contribution in [0.1, 0.15) is 29.2 Å². The molecule has 1 aromatic heterocycles. The quantitative estimate of drug-likeness (QED) is 0.842. The predicted octanol–water partition coefficient (Wildman–Crippen LogP) is 2.50. The van der Waals surface area contributed by atoms with Crippen molar-refractivity contribution in [3.05, 3.63) is 52.6 Å². The molecule has 2 amide bonds. The molecule has 5 nitrogen and oxygen atoms in total. The molecule has 0 saturated heterocycles. The van der Waals surface area contributed by atoms with Crippen molar-refractivity contribution in [1.29, 1.82) is 0 Å². The Morgan fingerprint density at radius 2 is 2.00 bits per heavy atom. The van der Waals surface area contributed by atoms with Crippen LogP contribution >= 0.6 is 0 Å². The van der Waals surface area contributed by atoms with E-state index in [0.717, 1.165) is 23.4 Å². The number of hydrogen-bond donors (Lipinski definition) is 2. The number of aromatic nitrogens is 2. The number of urea groups is 1. The molecule has 8 heteroatoms. The van der Waals surface area contributed by atoms with Gasteiger partial charge in [0, 0.05) is 36.8 Å². The highest BCUT2D eigenvalue weighted by Crippen LogP contribution is 2.41. The van der Waals surface area contributed by atoms with Gasteiger partial charge in [-0.15, -0.1) is 0 Å². The molecule has 3 rings (SSSR count). The first-order valence-electron chi connectivity index (χ1n) is 7.53. The van der Waals surface area contributed by atoms with Gasteiger partial charge in [-0.05, 0) is 31.0 Å². The maximum Gasteiger partial charge on any atom is 0.315 e. The van der Waals surface area contributed by atoms with Crippen molar-refractivity contribution in [1.82, 2.24) is 20.4 Å². The lowest BCUT2D eigenvalue weighted by atomic mass is 10.1. The van der Waals surface area contributed by atoms with Crippen molar-refractivity contribution in [3.8, 4) is 0 Å². The van der Waals surface area contributed by atoms with Crippen LogP contribution in [0.5, 0.6) is 0 Å². The fourth-order valence-corrected chi connectivity index (χ4v) is 2.62. The largest absolute Gasteiger partial charge is 0.335 e. The molecule has 0 unspecified atom stereocenters. The van der Waals surface area contributed by atoms with Crippen molar-refractivity contribution < 1.29 is 18.0 Å². The predicted molar refractivity (Wildman–Crippen MR) is 80.8 cm³/mol. The molecular weight excluding hydrogens is 321 g/mol. The number of nitrogens with zero attached hydrogens (tertiary/aromatic N) is 2. The van der Waals surface area contributed by atoms with Gasteiger partial charge in [0.15, 0.2) is 17.5 Å². The molecule has 1 heterocycles. The molecule has 1 aliphatic carbocycles. The van der Waals surface area contributed by atoms with Gasteiger partial charge in [0.05, 0.1) is 6.20 Å². The van der Waals surface area contributed by atoms with Gasteiger partial charge >= 0.3 is 6.03 Å². The van der Waals surface area contributed by atoms with Crippen LogP contribution in [-0.4, -0.2) is 21.9 Å². The summed E-state index contributed by atoms with van der Waals surface area (Å²) >= 11 is 0. The number of rotatable bonds is 4. The van der Waals surface area contributed by atoms with Gasteiger partial charge in [0.25, 0.3) is 0 Å². The Hall–Kier alpha value is -2.51. The summed E-state index contributed by atoms with van der Waals surface area (Å²) in [4.78, 5) is 11.9. The molecule has 0 bridgehead atoms. The lowest BCUT2D eigenvalue weighted by molar-refractivity contribution is 0.240. The summed E-state index contributed by atoms with van der Waals surface area (Å²) in [5.41, 5.74) is 2.21. The number of aryl methyl sites for hydroxylation is 1. The third-order valence-electron chi connectivity index (χ3n) is 4.32. The third kappa shape index (κ3) is 3.22. The Kier molecular flexibility index (Phi) is 4.21. The van der Waals surface area contributed by atoms with Gasteiger partial charge < -0.3 is 10.6 Å². The van der Waals surface area contributed by atoms with E-state index in [9.17, 15) is 18.0 Å². The molecule has 128 valence electrons. The van der Waals surface area contributed by atoms with Crippen LogP contribution in [0.4, 0.5) is 18.0 Å². The Morgan fingerprint density at radius 1 is 1.33 bits per heavy atom. The number of nitrogens with one attached hydrogen (secondary N) is 2. The molecule has 1 aliphatic rings. The zero-order valence-corrected chi connectivity index (χ0v) is 13.2. The summed E-state index contributed by atoms with van der Waals surface area (Å²) in [5, 5.41) is 9.54. The van der Waals surface area contributed by atoms with E-state index in [4.69, 9.17) is 0 Å². The smallest absolute Gasteiger partial charge is 0.315 e. The van der Waals surface area contributed by atoms with Gasteiger partial charge in [-0.25, -0.2) is 18.0 Å². The Bertz CT molecular complexity index is 767. The van der Waals surface area contributed by atoms with E-state index in [-0.39, 0.29) is 18.0 Å². The minimum absolute atomic E-state index is 0.208. The van der Waals surface area contributed by atoms with Gasteiger partial charge in [-0.2, -0.15) is 5.10 Å². The summed E-state index contributed by atoms with van der Waals surface area (Å²) in [7, 11) is 1.81. The van der Waals surface area contributed by atoms with Gasteiger partial charge in [-0.1, -0.05) is 0 Å². The average molecular weight is 338 g/mol. The summed E-state index contributed by atoms with van der Waals surface area (Å²) in [6.07, 6.45) is 2.24. The molecular formula is C16H17F3N4O. The maximum atomic E-state index is 13.2. The van der Waals surface area contributed by atoms with Crippen LogP contribution in [0.2, 0.25) is 0 Å². The van der Waals surface area contributed by atoms with Crippen molar-refractivity contribution in [3.63, 3.8) is 0 Å². The Balaban J connectivity index is 1.53. The van der Waals surface area contributed by atoms with Crippen LogP contribution in [0.15, 0.2) is 18.3 Å². The zero-order valence-electron chi connectivity index (χ0n) is 13.2. The van der Waals surface area contributed by atoms with Crippen molar-refractivity contribution in [2.75, 3.05) is 0 Å². The highest BCUT2D eigenvalue weighted by Gasteiger charge is 2.40. The standard InChI is InChI=1S/C16H17F3N4O/c1-8-10(7-21-23(8)2)6-20-16(24)22-14-5-11(14)9-3-12(17)15(19)13(18)4-9/h3-4,7,11,14H,5-6H2,1-2H3,(H2,20,22,24)/t11-,14+/m0/s1. The van der Waals surface area contributed by atoms with E-state index < -0.39 is 17.5 Å². The number of carbonyl (C=O) groups excluding carboxylic acids is 1. The Morgan fingerprint density at radius 3 is 2.58 bits per heavy atom. The van der Waals surface area contributed by atoms with Crippen LogP contribution in [0.3, 0.4) is 0 Å². The van der Waals surface area contributed by atoms with E-state index in [2.05, 4.69) is 15.7 Å². The lowest BCUT2D eigenvalue weighted by Gasteiger charge is -2.08. The van der Waals surface area contributed by atoms with Crippen LogP contribution in [0.25, 0.3) is 0 Å². The second-order valence-electron chi connectivity index (χ2n) is 5.95. The molecule has 2 aromatic rings. The molecule has 0 radical (unpaired) electrons. The van der Waals surface area contributed by atoms with E-state index >= 15 is 0 Å². The lowest BCUT2D eigenvalue weighted by Crippen LogP contribution is -2.37. The van der Waals surface area contributed by atoms with E-state index in [1.54, 1.807) is 10.9 Å². The maximum absolute atomic E-state index is 13.2. The van der Waals surface area contributed by atoms with Gasteiger partial charge in [0.1, 0.15) is 0 Å². The molecule has 2 N–H and O–H groups in total. The van der Waals surface area contributed by atoms with Gasteiger partial charge in [0.2, 0.25) is 0 Å². The second-order valence-corrected chi connectivity index (χ2v) is 5.95. The van der Waals surface area contributed by atoms with E-state index in [1.165, 1.54) is 0 Å². The molecule has 0 aliphatic heterocycles. The minimum Gasteiger partial charge on any atom is -0.335 e. The number of amides is 2. The van der Waals surface area contributed by atoms with Crippen molar-refractivity contribution in [2.45, 2.75) is 31.8 Å². The fourth-order valence-electron chi connectivity index (χ4n) is 2.62.